The van der Waals surface area contributed by atoms with Gasteiger partial charge in [-0.25, -0.2) is 4.79 Å². The predicted molar refractivity (Wildman–Crippen MR) is 93.7 cm³/mol. The average Bonchev–Trinajstić information content (AvgIpc) is 3.05. The summed E-state index contributed by atoms with van der Waals surface area (Å²) in [5.74, 6) is -1.93. The van der Waals surface area contributed by atoms with E-state index in [-0.39, 0.29) is 12.8 Å². The number of primary amides is 1. The number of nitrogens with two attached hydrogens (primary N) is 2. The smallest absolute Gasteiger partial charge is 0.326 e. The molecule has 10 heteroatoms. The van der Waals surface area contributed by atoms with E-state index in [1.165, 1.54) is 16.7 Å². The lowest BCUT2D eigenvalue weighted by Crippen LogP contribution is -2.54. The maximum absolute atomic E-state index is 12.7. The van der Waals surface area contributed by atoms with Crippen molar-refractivity contribution in [3.05, 3.63) is 0 Å². The zero-order valence-corrected chi connectivity index (χ0v) is 15.1. The standard InChI is InChI=1S/C15H26N4O5S/c1-25-8-6-10(18-13(21)9(16)4-5-12(17)20)14(22)19-7-2-3-11(19)15(23)24/h9-11H,2-8,16H2,1H3,(H2,17,20)(H,18,21)(H,23,24)/t9-,10-,11+/m0/s1. The monoisotopic (exact) mass is 374 g/mol. The molecule has 6 N–H and O–H groups in total. The Morgan fingerprint density at radius 1 is 1.32 bits per heavy atom. The molecule has 9 nitrogen and oxygen atoms in total. The molecule has 0 bridgehead atoms. The lowest BCUT2D eigenvalue weighted by atomic mass is 10.1. The molecule has 1 saturated heterocycles. The fourth-order valence-corrected chi connectivity index (χ4v) is 3.16. The van der Waals surface area contributed by atoms with Gasteiger partial charge in [0, 0.05) is 13.0 Å². The first-order valence-corrected chi connectivity index (χ1v) is 9.53. The van der Waals surface area contributed by atoms with Crippen molar-refractivity contribution in [3.63, 3.8) is 0 Å². The van der Waals surface area contributed by atoms with Gasteiger partial charge >= 0.3 is 5.97 Å². The molecular formula is C15H26N4O5S. The van der Waals surface area contributed by atoms with Crippen molar-refractivity contribution in [1.82, 2.24) is 10.2 Å². The molecule has 0 saturated carbocycles. The van der Waals surface area contributed by atoms with E-state index in [1.54, 1.807) is 0 Å². The van der Waals surface area contributed by atoms with E-state index in [9.17, 15) is 24.3 Å². The second-order valence-corrected chi connectivity index (χ2v) is 6.97. The average molecular weight is 374 g/mol. The summed E-state index contributed by atoms with van der Waals surface area (Å²) in [4.78, 5) is 48.3. The Bertz CT molecular complexity index is 516. The Kier molecular flexibility index (Phi) is 8.70. The fourth-order valence-electron chi connectivity index (χ4n) is 2.69. The Morgan fingerprint density at radius 3 is 2.56 bits per heavy atom. The van der Waals surface area contributed by atoms with Gasteiger partial charge in [-0.1, -0.05) is 0 Å². The summed E-state index contributed by atoms with van der Waals surface area (Å²) < 4.78 is 0. The van der Waals surface area contributed by atoms with Crippen LogP contribution in [0.4, 0.5) is 0 Å². The van der Waals surface area contributed by atoms with Crippen LogP contribution in [0.25, 0.3) is 0 Å². The first kappa shape index (κ1) is 21.2. The summed E-state index contributed by atoms with van der Waals surface area (Å²) in [6.45, 7) is 0.356. The van der Waals surface area contributed by atoms with Crippen molar-refractivity contribution in [3.8, 4) is 0 Å². The van der Waals surface area contributed by atoms with Crippen LogP contribution in [0.5, 0.6) is 0 Å². The number of likely N-dealkylation sites (tertiary alicyclic amines) is 1. The Labute approximate surface area is 150 Å². The third kappa shape index (κ3) is 6.54. The van der Waals surface area contributed by atoms with Crippen LogP contribution in [-0.2, 0) is 19.2 Å². The molecule has 0 radical (unpaired) electrons. The maximum atomic E-state index is 12.7. The van der Waals surface area contributed by atoms with Crippen molar-refractivity contribution in [2.24, 2.45) is 11.5 Å². The molecule has 25 heavy (non-hydrogen) atoms. The summed E-state index contributed by atoms with van der Waals surface area (Å²) in [6.07, 6.45) is 3.33. The molecule has 1 heterocycles. The van der Waals surface area contributed by atoms with E-state index in [0.717, 1.165) is 0 Å². The number of rotatable bonds is 10. The molecule has 0 aromatic heterocycles. The van der Waals surface area contributed by atoms with E-state index in [2.05, 4.69) is 5.32 Å². The number of carbonyl (C=O) groups is 4. The van der Waals surface area contributed by atoms with Crippen LogP contribution < -0.4 is 16.8 Å². The van der Waals surface area contributed by atoms with Gasteiger partial charge in [0.1, 0.15) is 12.1 Å². The van der Waals surface area contributed by atoms with Crippen molar-refractivity contribution >= 4 is 35.5 Å². The highest BCUT2D eigenvalue weighted by Gasteiger charge is 2.37. The quantitative estimate of drug-likeness (QED) is 0.378. The number of nitrogens with one attached hydrogen (secondary N) is 1. The van der Waals surface area contributed by atoms with Crippen molar-refractivity contribution in [2.75, 3.05) is 18.6 Å². The van der Waals surface area contributed by atoms with Crippen molar-refractivity contribution < 1.29 is 24.3 Å². The number of nitrogens with zero attached hydrogens (tertiary/aromatic N) is 1. The third-order valence-corrected chi connectivity index (χ3v) is 4.73. The van der Waals surface area contributed by atoms with Gasteiger partial charge < -0.3 is 26.8 Å². The van der Waals surface area contributed by atoms with E-state index in [1.807, 2.05) is 6.26 Å². The van der Waals surface area contributed by atoms with Gasteiger partial charge in [-0.2, -0.15) is 11.8 Å². The van der Waals surface area contributed by atoms with Gasteiger partial charge in [-0.3, -0.25) is 14.4 Å². The second kappa shape index (κ2) is 10.2. The largest absolute Gasteiger partial charge is 0.480 e. The molecule has 1 fully saturated rings. The fraction of sp³-hybridized carbons (Fsp3) is 0.733. The molecule has 1 aliphatic rings. The second-order valence-electron chi connectivity index (χ2n) is 5.98. The molecule has 3 amide bonds. The van der Waals surface area contributed by atoms with E-state index >= 15 is 0 Å². The third-order valence-electron chi connectivity index (χ3n) is 4.08. The zero-order chi connectivity index (χ0) is 19.0. The molecule has 0 aliphatic carbocycles. The van der Waals surface area contributed by atoms with Gasteiger partial charge in [-0.05, 0) is 37.7 Å². The molecule has 0 aromatic rings. The van der Waals surface area contributed by atoms with Crippen LogP contribution in [0.1, 0.15) is 32.1 Å². The highest BCUT2D eigenvalue weighted by Crippen LogP contribution is 2.19. The van der Waals surface area contributed by atoms with E-state index in [4.69, 9.17) is 11.5 Å². The van der Waals surface area contributed by atoms with Gasteiger partial charge in [0.15, 0.2) is 0 Å². The Balaban J connectivity index is 2.75. The molecule has 1 aliphatic heterocycles. The number of hydrogen-bond acceptors (Lipinski definition) is 6. The maximum Gasteiger partial charge on any atom is 0.326 e. The van der Waals surface area contributed by atoms with Crippen LogP contribution in [-0.4, -0.2) is 70.4 Å². The molecular weight excluding hydrogens is 348 g/mol. The van der Waals surface area contributed by atoms with Crippen LogP contribution in [0.3, 0.4) is 0 Å². The Morgan fingerprint density at radius 2 is 2.00 bits per heavy atom. The number of aliphatic carboxylic acids is 1. The van der Waals surface area contributed by atoms with Crippen LogP contribution in [0.15, 0.2) is 0 Å². The zero-order valence-electron chi connectivity index (χ0n) is 14.3. The van der Waals surface area contributed by atoms with Crippen LogP contribution >= 0.6 is 11.8 Å². The minimum Gasteiger partial charge on any atom is -0.480 e. The number of carbonyl (C=O) groups excluding carboxylic acids is 3. The molecule has 0 unspecified atom stereocenters. The highest BCUT2D eigenvalue weighted by atomic mass is 32.2. The highest BCUT2D eigenvalue weighted by molar-refractivity contribution is 7.98. The Hall–Kier alpha value is -1.81. The van der Waals surface area contributed by atoms with Crippen LogP contribution in [0.2, 0.25) is 0 Å². The number of thioether (sulfide) groups is 1. The topological polar surface area (TPSA) is 156 Å². The van der Waals surface area contributed by atoms with Gasteiger partial charge in [0.2, 0.25) is 17.7 Å². The summed E-state index contributed by atoms with van der Waals surface area (Å²) in [5.41, 5.74) is 10.8. The van der Waals surface area contributed by atoms with E-state index < -0.39 is 41.8 Å². The number of hydrogen-bond donors (Lipinski definition) is 4. The SMILES string of the molecule is CSCC[C@H](NC(=O)[C@@H](N)CCC(N)=O)C(=O)N1CCC[C@@H]1C(=O)O. The molecule has 1 rings (SSSR count). The molecule has 3 atom stereocenters. The van der Waals surface area contributed by atoms with Crippen LogP contribution in [0, 0.1) is 0 Å². The summed E-state index contributed by atoms with van der Waals surface area (Å²) >= 11 is 1.52. The lowest BCUT2D eigenvalue weighted by Gasteiger charge is -2.28. The first-order valence-electron chi connectivity index (χ1n) is 8.14. The number of carboxylic acid groups (broad SMARTS) is 1. The molecule has 142 valence electrons. The normalized spacial score (nSPS) is 19.3. The number of carboxylic acids is 1. The summed E-state index contributed by atoms with van der Waals surface area (Å²) in [5, 5.41) is 11.8. The van der Waals surface area contributed by atoms with Crippen molar-refractivity contribution in [1.29, 1.82) is 0 Å². The summed E-state index contributed by atoms with van der Waals surface area (Å²) in [7, 11) is 0. The van der Waals surface area contributed by atoms with Gasteiger partial charge in [0.05, 0.1) is 6.04 Å². The van der Waals surface area contributed by atoms with Gasteiger partial charge in [-0.15, -0.1) is 0 Å². The lowest BCUT2D eigenvalue weighted by molar-refractivity contribution is -0.149. The minimum atomic E-state index is -1.04. The minimum absolute atomic E-state index is 0.0226. The molecule has 0 aromatic carbocycles. The first-order chi connectivity index (χ1) is 11.8. The predicted octanol–water partition coefficient (Wildman–Crippen LogP) is -1.11. The van der Waals surface area contributed by atoms with Crippen molar-refractivity contribution in [2.45, 2.75) is 50.2 Å². The van der Waals surface area contributed by atoms with E-state index in [0.29, 0.717) is 31.6 Å². The number of amides is 3. The summed E-state index contributed by atoms with van der Waals surface area (Å²) in [6, 6.07) is -2.64. The molecule has 0 spiro atoms. The van der Waals surface area contributed by atoms with Gasteiger partial charge in [0.25, 0.3) is 0 Å².